The Balaban J connectivity index is 1.15. The van der Waals surface area contributed by atoms with Crippen LogP contribution in [0.2, 0.25) is 0 Å². The van der Waals surface area contributed by atoms with Gasteiger partial charge in [0.15, 0.2) is 0 Å². The van der Waals surface area contributed by atoms with Crippen LogP contribution >= 0.6 is 0 Å². The second kappa shape index (κ2) is 15.1. The van der Waals surface area contributed by atoms with Crippen LogP contribution in [0.15, 0.2) is 213 Å². The van der Waals surface area contributed by atoms with E-state index in [9.17, 15) is 0 Å². The molecule has 57 heavy (non-hydrogen) atoms. The number of anilines is 1. The van der Waals surface area contributed by atoms with Crippen molar-refractivity contribution in [1.29, 1.82) is 0 Å². The number of rotatable bonds is 7. The van der Waals surface area contributed by atoms with Gasteiger partial charge in [-0.2, -0.15) is 0 Å². The minimum Gasteiger partial charge on any atom is -0.363 e. The Hall–Kier alpha value is -7.36. The number of benzene rings is 7. The maximum absolute atomic E-state index is 4.45. The second-order valence-corrected chi connectivity index (χ2v) is 14.7. The van der Waals surface area contributed by atoms with Crippen molar-refractivity contribution in [3.05, 3.63) is 224 Å². The van der Waals surface area contributed by atoms with Gasteiger partial charge in [0.2, 0.25) is 0 Å². The van der Waals surface area contributed by atoms with E-state index in [2.05, 4.69) is 191 Å². The lowest BCUT2D eigenvalue weighted by atomic mass is 9.88. The SMILES string of the molecule is c1ccc(-c2cc(-c3ccccc3)cc(-c3ccc4c(c3)-c3cc(-c5cc(-c6cccnc6)cc(-c6cccnc6)c5)ccc3CN(c3ccccc3)C4)c2)cc1. The van der Waals surface area contributed by atoms with E-state index in [0.717, 1.165) is 40.9 Å². The molecule has 0 bridgehead atoms. The standard InChI is InChI=1S/C54H39N3/c1-4-12-38(13-5-1)46-26-47(39-14-6-2-7-15-39)28-48(27-46)40-20-22-44-36-57(52-18-8-3-9-19-52)37-45-23-21-41(33-54(45)53(44)32-40)49-29-50(42-16-10-24-55-34-42)31-51(30-49)43-17-11-25-56-35-43/h1-35H,36-37H2. The first-order chi connectivity index (χ1) is 28.2. The summed E-state index contributed by atoms with van der Waals surface area (Å²) in [6.07, 6.45) is 7.53. The van der Waals surface area contributed by atoms with E-state index in [1.165, 1.54) is 66.9 Å². The van der Waals surface area contributed by atoms with Gasteiger partial charge in [0.05, 0.1) is 0 Å². The van der Waals surface area contributed by atoms with Gasteiger partial charge in [-0.3, -0.25) is 9.97 Å². The van der Waals surface area contributed by atoms with Crippen LogP contribution in [-0.4, -0.2) is 9.97 Å². The third-order valence-electron chi connectivity index (χ3n) is 11.1. The molecular weight excluding hydrogens is 691 g/mol. The molecule has 0 aliphatic carbocycles. The van der Waals surface area contributed by atoms with E-state index in [-0.39, 0.29) is 0 Å². The zero-order chi connectivity index (χ0) is 38.0. The Bertz CT molecular complexity index is 2530. The van der Waals surface area contributed by atoms with Gasteiger partial charge in [-0.05, 0) is 151 Å². The Labute approximate surface area is 334 Å². The summed E-state index contributed by atoms with van der Waals surface area (Å²) in [6, 6.07) is 68.4. The van der Waals surface area contributed by atoms with Crippen molar-refractivity contribution >= 4 is 5.69 Å². The van der Waals surface area contributed by atoms with Crippen LogP contribution in [0, 0.1) is 0 Å². The largest absolute Gasteiger partial charge is 0.363 e. The molecule has 0 saturated heterocycles. The van der Waals surface area contributed by atoms with Crippen LogP contribution in [0.25, 0.3) is 77.9 Å². The molecule has 1 aliphatic heterocycles. The Kier molecular flexibility index (Phi) is 9.02. The summed E-state index contributed by atoms with van der Waals surface area (Å²) >= 11 is 0. The van der Waals surface area contributed by atoms with E-state index >= 15 is 0 Å². The molecule has 3 nitrogen and oxygen atoms in total. The zero-order valence-electron chi connectivity index (χ0n) is 31.5. The highest BCUT2D eigenvalue weighted by Crippen LogP contribution is 2.42. The van der Waals surface area contributed by atoms with Crippen molar-refractivity contribution < 1.29 is 0 Å². The van der Waals surface area contributed by atoms with Crippen LogP contribution in [0.4, 0.5) is 5.69 Å². The highest BCUT2D eigenvalue weighted by atomic mass is 15.1. The molecule has 2 aromatic heterocycles. The lowest BCUT2D eigenvalue weighted by Crippen LogP contribution is -2.20. The molecule has 9 aromatic rings. The number of hydrogen-bond donors (Lipinski definition) is 0. The van der Waals surface area contributed by atoms with Crippen LogP contribution in [0.5, 0.6) is 0 Å². The lowest BCUT2D eigenvalue weighted by molar-refractivity contribution is 0.812. The molecule has 7 aromatic carbocycles. The van der Waals surface area contributed by atoms with Crippen LogP contribution in [-0.2, 0) is 13.1 Å². The van der Waals surface area contributed by atoms with Crippen molar-refractivity contribution in [2.75, 3.05) is 4.90 Å². The monoisotopic (exact) mass is 729 g/mol. The van der Waals surface area contributed by atoms with E-state index in [0.29, 0.717) is 0 Å². The summed E-state index contributed by atoms with van der Waals surface area (Å²) in [7, 11) is 0. The smallest absolute Gasteiger partial charge is 0.0439 e. The molecule has 1 aliphatic rings. The van der Waals surface area contributed by atoms with Crippen LogP contribution < -0.4 is 4.90 Å². The van der Waals surface area contributed by atoms with Crippen LogP contribution in [0.1, 0.15) is 11.1 Å². The zero-order valence-corrected chi connectivity index (χ0v) is 31.5. The summed E-state index contributed by atoms with van der Waals surface area (Å²) in [5, 5.41) is 0. The molecule has 270 valence electrons. The van der Waals surface area contributed by atoms with Crippen molar-refractivity contribution in [3.63, 3.8) is 0 Å². The highest BCUT2D eigenvalue weighted by molar-refractivity contribution is 5.87. The number of para-hydroxylation sites is 1. The summed E-state index contributed by atoms with van der Waals surface area (Å²) in [6.45, 7) is 1.62. The maximum atomic E-state index is 4.45. The molecular formula is C54H39N3. The van der Waals surface area contributed by atoms with Gasteiger partial charge >= 0.3 is 0 Å². The number of nitrogens with zero attached hydrogens (tertiary/aromatic N) is 3. The first-order valence-corrected chi connectivity index (χ1v) is 19.5. The van der Waals surface area contributed by atoms with Crippen molar-refractivity contribution in [1.82, 2.24) is 9.97 Å². The third kappa shape index (κ3) is 7.03. The van der Waals surface area contributed by atoms with Gasteiger partial charge in [-0.1, -0.05) is 115 Å². The van der Waals surface area contributed by atoms with E-state index < -0.39 is 0 Å². The molecule has 0 spiro atoms. The molecule has 10 rings (SSSR count). The topological polar surface area (TPSA) is 29.0 Å². The lowest BCUT2D eigenvalue weighted by Gasteiger charge is -2.24. The van der Waals surface area contributed by atoms with E-state index in [1.807, 2.05) is 36.9 Å². The molecule has 0 radical (unpaired) electrons. The quantitative estimate of drug-likeness (QED) is 0.164. The fraction of sp³-hybridized carbons (Fsp3) is 0.0370. The van der Waals surface area contributed by atoms with Crippen LogP contribution in [0.3, 0.4) is 0 Å². The van der Waals surface area contributed by atoms with Gasteiger partial charge in [0, 0.05) is 54.7 Å². The molecule has 3 heterocycles. The first-order valence-electron chi connectivity index (χ1n) is 19.5. The number of fused-ring (bicyclic) bond motifs is 3. The van der Waals surface area contributed by atoms with Gasteiger partial charge in [0.25, 0.3) is 0 Å². The van der Waals surface area contributed by atoms with Gasteiger partial charge in [0.1, 0.15) is 0 Å². The summed E-state index contributed by atoms with van der Waals surface area (Å²) in [5.74, 6) is 0. The third-order valence-corrected chi connectivity index (χ3v) is 11.1. The molecule has 0 amide bonds. The molecule has 0 fully saturated rings. The predicted molar refractivity (Wildman–Crippen MR) is 236 cm³/mol. The molecule has 0 atom stereocenters. The minimum absolute atomic E-state index is 0.807. The van der Waals surface area contributed by atoms with Gasteiger partial charge in [-0.25, -0.2) is 0 Å². The van der Waals surface area contributed by atoms with E-state index in [1.54, 1.807) is 0 Å². The average Bonchev–Trinajstić information content (AvgIpc) is 3.46. The predicted octanol–water partition coefficient (Wildman–Crippen LogP) is 13.7. The first kappa shape index (κ1) is 34.2. The molecule has 0 unspecified atom stereocenters. The van der Waals surface area contributed by atoms with Crippen molar-refractivity contribution in [2.24, 2.45) is 0 Å². The van der Waals surface area contributed by atoms with Gasteiger partial charge in [-0.15, -0.1) is 0 Å². The van der Waals surface area contributed by atoms with E-state index in [4.69, 9.17) is 0 Å². The van der Waals surface area contributed by atoms with Crippen molar-refractivity contribution in [2.45, 2.75) is 13.1 Å². The number of hydrogen-bond acceptors (Lipinski definition) is 3. The summed E-state index contributed by atoms with van der Waals surface area (Å²) in [5.41, 5.74) is 20.3. The summed E-state index contributed by atoms with van der Waals surface area (Å²) < 4.78 is 0. The van der Waals surface area contributed by atoms with Gasteiger partial charge < -0.3 is 4.90 Å². The maximum Gasteiger partial charge on any atom is 0.0439 e. The molecule has 3 heteroatoms. The average molecular weight is 730 g/mol. The fourth-order valence-corrected chi connectivity index (χ4v) is 8.16. The Morgan fingerprint density at radius 2 is 0.667 bits per heavy atom. The highest BCUT2D eigenvalue weighted by Gasteiger charge is 2.22. The number of pyridine rings is 2. The molecule has 0 N–H and O–H groups in total. The van der Waals surface area contributed by atoms with Crippen molar-refractivity contribution in [3.8, 4) is 77.9 Å². The Morgan fingerprint density at radius 3 is 1.07 bits per heavy atom. The minimum atomic E-state index is 0.807. The summed E-state index contributed by atoms with van der Waals surface area (Å²) in [4.78, 5) is 11.4. The number of aromatic nitrogens is 2. The second-order valence-electron chi connectivity index (χ2n) is 14.7. The fourth-order valence-electron chi connectivity index (χ4n) is 8.16. The normalized spacial score (nSPS) is 12.0. The Morgan fingerprint density at radius 1 is 0.298 bits per heavy atom. The molecule has 0 saturated carbocycles.